The fourth-order valence-corrected chi connectivity index (χ4v) is 4.37. The Labute approximate surface area is 131 Å². The van der Waals surface area contributed by atoms with E-state index in [0.29, 0.717) is 0 Å². The topological polar surface area (TPSA) is 0 Å². The molecule has 0 N–H and O–H groups in total. The van der Waals surface area contributed by atoms with Gasteiger partial charge in [0.05, 0.1) is 3.57 Å². The summed E-state index contributed by atoms with van der Waals surface area (Å²) < 4.78 is 4.21. The molecule has 0 bridgehead atoms. The van der Waals surface area contributed by atoms with Gasteiger partial charge in [-0.2, -0.15) is 0 Å². The zero-order valence-electron chi connectivity index (χ0n) is 8.40. The number of hydrogen-bond acceptors (Lipinski definition) is 0. The second-order valence-electron chi connectivity index (χ2n) is 3.63. The van der Waals surface area contributed by atoms with Crippen LogP contribution in [0.5, 0.6) is 0 Å². The molecule has 0 aliphatic carbocycles. The third-order valence-electron chi connectivity index (χ3n) is 2.52. The van der Waals surface area contributed by atoms with Gasteiger partial charge in [0.25, 0.3) is 22.6 Å². The van der Waals surface area contributed by atoms with Gasteiger partial charge in [-0.1, -0.05) is 12.1 Å². The van der Waals surface area contributed by atoms with Crippen LogP contribution in [0.3, 0.4) is 0 Å². The predicted octanol–water partition coefficient (Wildman–Crippen LogP) is 1.12. The average molecular weight is 535 g/mol. The molecular formula is C12H10I3+. The third-order valence-corrected chi connectivity index (χ3v) is 7.62. The zero-order chi connectivity index (χ0) is 11.2. The molecule has 0 spiro atoms. The highest BCUT2D eigenvalue weighted by molar-refractivity contribution is 14.1. The van der Waals surface area contributed by atoms with Crippen LogP contribution >= 0.6 is 45.2 Å². The fourth-order valence-electron chi connectivity index (χ4n) is 1.62. The van der Waals surface area contributed by atoms with Crippen molar-refractivity contribution in [1.82, 2.24) is 0 Å². The molecule has 0 amide bonds. The average Bonchev–Trinajstić information content (AvgIpc) is 2.20. The molecule has 0 saturated carbocycles. The molecule has 0 unspecified atom stereocenters. The number of benzene rings is 2. The van der Waals surface area contributed by atoms with Gasteiger partial charge in [-0.25, -0.2) is 0 Å². The molecule has 2 aromatic rings. The van der Waals surface area contributed by atoms with Crippen molar-refractivity contribution in [2.24, 2.45) is 0 Å². The summed E-state index contributed by atoms with van der Waals surface area (Å²) in [6.45, 7) is 4.36. The summed E-state index contributed by atoms with van der Waals surface area (Å²) in [5.74, 6) is 0. The maximum absolute atomic E-state index is 2.47. The molecule has 0 aliphatic heterocycles. The third kappa shape index (κ3) is 2.15. The molecule has 0 heterocycles. The Morgan fingerprint density at radius 1 is 1.00 bits per heavy atom. The van der Waals surface area contributed by atoms with Crippen LogP contribution in [0.15, 0.2) is 18.2 Å². The Morgan fingerprint density at radius 3 is 2.33 bits per heavy atom. The molecule has 0 saturated heterocycles. The van der Waals surface area contributed by atoms with E-state index >= 15 is 0 Å². The van der Waals surface area contributed by atoms with Crippen molar-refractivity contribution in [3.8, 4) is 0 Å². The lowest BCUT2D eigenvalue weighted by Gasteiger charge is -2.07. The first-order valence-corrected chi connectivity index (χ1v) is 7.89. The maximum Gasteiger partial charge on any atom is 0.298 e. The Balaban J connectivity index is 3.00. The Kier molecular flexibility index (Phi) is 3.82. The van der Waals surface area contributed by atoms with Crippen LogP contribution in [-0.4, -0.2) is 0 Å². The first-order valence-electron chi connectivity index (χ1n) is 4.57. The predicted molar refractivity (Wildman–Crippen MR) is 78.9 cm³/mol. The molecule has 0 atom stereocenters. The van der Waals surface area contributed by atoms with Gasteiger partial charge in [0, 0.05) is 14.5 Å². The maximum atomic E-state index is 2.47. The minimum atomic E-state index is 1.36. The first-order chi connectivity index (χ1) is 7.02. The Bertz CT molecular complexity index is 544. The van der Waals surface area contributed by atoms with Crippen molar-refractivity contribution in [3.05, 3.63) is 40.0 Å². The molecule has 2 rings (SSSR count). The summed E-state index contributed by atoms with van der Waals surface area (Å²) in [5, 5.41) is 2.78. The SMILES string of the molecule is Cc1cc2ccc(C)c(I)c2c(I)c1[IH+]. The van der Waals surface area contributed by atoms with Crippen molar-refractivity contribution in [3.63, 3.8) is 0 Å². The fraction of sp³-hybridized carbons (Fsp3) is 0.167. The summed E-state index contributed by atoms with van der Waals surface area (Å²) in [5.41, 5.74) is 2.75. The molecule has 0 radical (unpaired) electrons. The summed E-state index contributed by atoms with van der Waals surface area (Å²) in [6.07, 6.45) is 0. The van der Waals surface area contributed by atoms with Gasteiger partial charge in [0.15, 0.2) is 0 Å². The van der Waals surface area contributed by atoms with Crippen molar-refractivity contribution in [2.45, 2.75) is 13.8 Å². The van der Waals surface area contributed by atoms with Crippen LogP contribution in [0.4, 0.5) is 0 Å². The largest absolute Gasteiger partial charge is 0.298 e. The quantitative estimate of drug-likeness (QED) is 0.445. The first kappa shape index (κ1) is 12.3. The van der Waals surface area contributed by atoms with E-state index in [1.54, 1.807) is 0 Å². The van der Waals surface area contributed by atoms with Crippen molar-refractivity contribution in [1.29, 1.82) is 0 Å². The van der Waals surface area contributed by atoms with E-state index < -0.39 is 0 Å². The lowest BCUT2D eigenvalue weighted by atomic mass is 10.1. The highest BCUT2D eigenvalue weighted by atomic mass is 127. The summed E-state index contributed by atoms with van der Waals surface area (Å²) in [4.78, 5) is 0. The van der Waals surface area contributed by atoms with Crippen molar-refractivity contribution < 1.29 is 22.6 Å². The summed E-state index contributed by atoms with van der Waals surface area (Å²) >= 11 is 7.05. The lowest BCUT2D eigenvalue weighted by molar-refractivity contribution is -0.330. The highest BCUT2D eigenvalue weighted by Crippen LogP contribution is 2.29. The van der Waals surface area contributed by atoms with Gasteiger partial charge >= 0.3 is 0 Å². The van der Waals surface area contributed by atoms with Crippen LogP contribution in [0.1, 0.15) is 11.1 Å². The molecule has 3 heteroatoms. The second-order valence-corrected chi connectivity index (χ2v) is 6.95. The normalized spacial score (nSPS) is 11.0. The minimum Gasteiger partial charge on any atom is -0.0576 e. The standard InChI is InChI=1S/C12H10I3/c1-6-3-4-8-5-7(2)11(14)12(15)9(8)10(6)13/h3-5,14H,1-2H3/q+1. The number of halogens is 3. The van der Waals surface area contributed by atoms with E-state index in [-0.39, 0.29) is 0 Å². The van der Waals surface area contributed by atoms with Crippen LogP contribution in [-0.2, 0) is 0 Å². The van der Waals surface area contributed by atoms with Gasteiger partial charge in [-0.3, -0.25) is 0 Å². The van der Waals surface area contributed by atoms with E-state index in [4.69, 9.17) is 0 Å². The molecule has 78 valence electrons. The van der Waals surface area contributed by atoms with Gasteiger partial charge in [0.2, 0.25) is 3.57 Å². The van der Waals surface area contributed by atoms with Gasteiger partial charge in [-0.15, -0.1) is 0 Å². The van der Waals surface area contributed by atoms with Gasteiger partial charge in [-0.05, 0) is 76.0 Å². The van der Waals surface area contributed by atoms with E-state index in [1.165, 1.54) is 32.6 Å². The van der Waals surface area contributed by atoms with Crippen LogP contribution in [0, 0.1) is 24.6 Å². The lowest BCUT2D eigenvalue weighted by Crippen LogP contribution is -3.34. The van der Waals surface area contributed by atoms with Crippen LogP contribution in [0.25, 0.3) is 10.8 Å². The smallest absolute Gasteiger partial charge is 0.0576 e. The van der Waals surface area contributed by atoms with E-state index in [2.05, 4.69) is 99.8 Å². The molecule has 2 aromatic carbocycles. The number of rotatable bonds is 0. The highest BCUT2D eigenvalue weighted by Gasteiger charge is 2.15. The number of aryl methyl sites for hydroxylation is 2. The molecule has 0 fully saturated rings. The summed E-state index contributed by atoms with van der Waals surface area (Å²) in [6, 6.07) is 6.72. The number of hydrogen-bond donors (Lipinski definition) is 0. The van der Waals surface area contributed by atoms with E-state index in [0.717, 1.165) is 0 Å². The molecule has 0 aliphatic rings. The van der Waals surface area contributed by atoms with E-state index in [9.17, 15) is 0 Å². The van der Waals surface area contributed by atoms with E-state index in [1.807, 2.05) is 0 Å². The van der Waals surface area contributed by atoms with Crippen molar-refractivity contribution >= 4 is 56.0 Å². The zero-order valence-corrected chi connectivity index (χ0v) is 15.0. The summed E-state index contributed by atoms with van der Waals surface area (Å²) in [7, 11) is 0. The molecule has 15 heavy (non-hydrogen) atoms. The molecule has 0 nitrogen and oxygen atoms in total. The molecular weight excluding hydrogens is 525 g/mol. The van der Waals surface area contributed by atoms with Gasteiger partial charge in [0.1, 0.15) is 0 Å². The second kappa shape index (κ2) is 4.64. The minimum absolute atomic E-state index is 1.36. The van der Waals surface area contributed by atoms with Gasteiger partial charge < -0.3 is 0 Å². The van der Waals surface area contributed by atoms with Crippen LogP contribution in [0.2, 0.25) is 0 Å². The van der Waals surface area contributed by atoms with Crippen molar-refractivity contribution in [2.75, 3.05) is 0 Å². The number of fused-ring (bicyclic) bond motifs is 1. The van der Waals surface area contributed by atoms with Crippen LogP contribution < -0.4 is 22.6 Å². The molecule has 0 aromatic heterocycles. The Hall–Kier alpha value is 0.890. The monoisotopic (exact) mass is 535 g/mol. The Morgan fingerprint density at radius 2 is 1.67 bits per heavy atom.